The van der Waals surface area contributed by atoms with E-state index in [9.17, 15) is 0 Å². The molecular weight excluding hydrogens is 242 g/mol. The van der Waals surface area contributed by atoms with E-state index in [2.05, 4.69) is 67.0 Å². The Morgan fingerprint density at radius 2 is 1.80 bits per heavy atom. The van der Waals surface area contributed by atoms with Crippen molar-refractivity contribution >= 4 is 0 Å². The molecule has 0 fully saturated rings. The van der Waals surface area contributed by atoms with Gasteiger partial charge in [-0.05, 0) is 49.4 Å². The fraction of sp³-hybridized carbons (Fsp3) is 0.368. The van der Waals surface area contributed by atoms with Crippen LogP contribution in [0, 0.1) is 0 Å². The molecule has 2 atom stereocenters. The maximum Gasteiger partial charge on any atom is 0.0136 e. The molecule has 0 amide bonds. The third kappa shape index (κ3) is 2.78. The van der Waals surface area contributed by atoms with Crippen LogP contribution >= 0.6 is 0 Å². The molecule has 1 nitrogen and oxygen atoms in total. The summed E-state index contributed by atoms with van der Waals surface area (Å²) in [7, 11) is 2.11. The van der Waals surface area contributed by atoms with E-state index in [0.717, 1.165) is 0 Å². The van der Waals surface area contributed by atoms with E-state index in [1.807, 2.05) is 0 Å². The fourth-order valence-electron chi connectivity index (χ4n) is 3.37. The molecule has 2 aromatic carbocycles. The van der Waals surface area contributed by atoms with Crippen LogP contribution in [0.5, 0.6) is 0 Å². The smallest absolute Gasteiger partial charge is 0.0136 e. The molecule has 0 bridgehead atoms. The first-order valence-electron chi connectivity index (χ1n) is 7.67. The lowest BCUT2D eigenvalue weighted by molar-refractivity contribution is 0.394. The number of nitrogens with one attached hydrogen (secondary N) is 1. The Labute approximate surface area is 122 Å². The van der Waals surface area contributed by atoms with Crippen molar-refractivity contribution in [3.8, 4) is 0 Å². The first-order chi connectivity index (χ1) is 9.88. The summed E-state index contributed by atoms with van der Waals surface area (Å²) in [5, 5.41) is 3.53. The molecule has 0 aliphatic heterocycles. The number of aryl methyl sites for hydroxylation is 1. The van der Waals surface area contributed by atoms with Gasteiger partial charge in [0.2, 0.25) is 0 Å². The molecule has 0 saturated carbocycles. The molecule has 0 spiro atoms. The largest absolute Gasteiger partial charge is 0.316 e. The summed E-state index contributed by atoms with van der Waals surface area (Å²) in [5.74, 6) is 0.715. The molecule has 1 aliphatic carbocycles. The van der Waals surface area contributed by atoms with Crippen LogP contribution in [0.1, 0.15) is 35.4 Å². The maximum atomic E-state index is 3.53. The summed E-state index contributed by atoms with van der Waals surface area (Å²) in [6, 6.07) is 20.3. The second-order valence-electron chi connectivity index (χ2n) is 5.78. The second kappa shape index (κ2) is 6.23. The lowest BCUT2D eigenvalue weighted by Gasteiger charge is -2.36. The predicted molar refractivity (Wildman–Crippen MR) is 85.1 cm³/mol. The van der Waals surface area contributed by atoms with Crippen molar-refractivity contribution in [1.29, 1.82) is 0 Å². The molecule has 1 N–H and O–H groups in total. The number of likely N-dealkylation sites (N-methyl/N-ethyl adjacent to an activating group) is 1. The highest BCUT2D eigenvalue weighted by Gasteiger charge is 2.31. The Hall–Kier alpha value is -1.60. The predicted octanol–water partition coefficient (Wildman–Crippen LogP) is 3.94. The van der Waals surface area contributed by atoms with E-state index in [1.165, 1.54) is 31.2 Å². The molecule has 0 aromatic heterocycles. The van der Waals surface area contributed by atoms with Crippen molar-refractivity contribution in [2.45, 2.75) is 37.6 Å². The highest BCUT2D eigenvalue weighted by molar-refractivity contribution is 5.41. The fourth-order valence-corrected chi connectivity index (χ4v) is 3.37. The van der Waals surface area contributed by atoms with Gasteiger partial charge in [0.05, 0.1) is 0 Å². The Morgan fingerprint density at radius 1 is 1.05 bits per heavy atom. The lowest BCUT2D eigenvalue weighted by atomic mass is 9.72. The van der Waals surface area contributed by atoms with Crippen molar-refractivity contribution in [2.24, 2.45) is 0 Å². The average molecular weight is 265 g/mol. The third-order valence-electron chi connectivity index (χ3n) is 4.57. The molecule has 0 radical (unpaired) electrons. The van der Waals surface area contributed by atoms with Crippen LogP contribution in [0.25, 0.3) is 0 Å². The van der Waals surface area contributed by atoms with Crippen molar-refractivity contribution in [1.82, 2.24) is 5.32 Å². The van der Waals surface area contributed by atoms with E-state index in [-0.39, 0.29) is 0 Å². The normalized spacial score (nSPS) is 18.1. The molecule has 0 heterocycles. The summed E-state index contributed by atoms with van der Waals surface area (Å²) < 4.78 is 0. The summed E-state index contributed by atoms with van der Waals surface area (Å²) in [4.78, 5) is 0. The first-order valence-corrected chi connectivity index (χ1v) is 7.67. The van der Waals surface area contributed by atoms with Crippen molar-refractivity contribution in [3.63, 3.8) is 0 Å². The van der Waals surface area contributed by atoms with Crippen LogP contribution < -0.4 is 5.32 Å². The second-order valence-corrected chi connectivity index (χ2v) is 5.78. The summed E-state index contributed by atoms with van der Waals surface area (Å²) in [5.41, 5.74) is 4.56. The van der Waals surface area contributed by atoms with Gasteiger partial charge < -0.3 is 5.32 Å². The van der Waals surface area contributed by atoms with E-state index < -0.39 is 0 Å². The Morgan fingerprint density at radius 3 is 2.55 bits per heavy atom. The quantitative estimate of drug-likeness (QED) is 0.834. The van der Waals surface area contributed by atoms with Gasteiger partial charge in [-0.25, -0.2) is 0 Å². The summed E-state index contributed by atoms with van der Waals surface area (Å²) in [6.07, 6.45) is 4.94. The third-order valence-corrected chi connectivity index (χ3v) is 4.57. The molecule has 2 aromatic rings. The minimum absolute atomic E-state index is 0.619. The van der Waals surface area contributed by atoms with E-state index in [4.69, 9.17) is 0 Å². The van der Waals surface area contributed by atoms with Gasteiger partial charge in [0.15, 0.2) is 0 Å². The molecule has 104 valence electrons. The zero-order valence-electron chi connectivity index (χ0n) is 12.2. The van der Waals surface area contributed by atoms with Crippen LogP contribution in [0.15, 0.2) is 54.6 Å². The Kier molecular flexibility index (Phi) is 4.17. The van der Waals surface area contributed by atoms with Gasteiger partial charge in [-0.15, -0.1) is 0 Å². The van der Waals surface area contributed by atoms with Crippen molar-refractivity contribution < 1.29 is 0 Å². The van der Waals surface area contributed by atoms with Crippen LogP contribution in [-0.4, -0.2) is 13.1 Å². The monoisotopic (exact) mass is 265 g/mol. The topological polar surface area (TPSA) is 12.0 Å². The number of rotatable bonds is 6. The SMILES string of the molecule is CNC(CCCc1ccccc1)C1Cc2ccccc21. The van der Waals surface area contributed by atoms with E-state index >= 15 is 0 Å². The van der Waals surface area contributed by atoms with Crippen LogP contribution in [0.4, 0.5) is 0 Å². The first kappa shape index (κ1) is 13.4. The van der Waals surface area contributed by atoms with Gasteiger partial charge in [-0.1, -0.05) is 54.6 Å². The summed E-state index contributed by atoms with van der Waals surface area (Å²) >= 11 is 0. The average Bonchev–Trinajstić information content (AvgIpc) is 2.48. The highest BCUT2D eigenvalue weighted by Crippen LogP contribution is 2.38. The van der Waals surface area contributed by atoms with Gasteiger partial charge in [-0.3, -0.25) is 0 Å². The number of hydrogen-bond donors (Lipinski definition) is 1. The van der Waals surface area contributed by atoms with Crippen molar-refractivity contribution in [3.05, 3.63) is 71.3 Å². The van der Waals surface area contributed by atoms with Crippen molar-refractivity contribution in [2.75, 3.05) is 7.05 Å². The summed E-state index contributed by atoms with van der Waals surface area (Å²) in [6.45, 7) is 0. The zero-order chi connectivity index (χ0) is 13.8. The highest BCUT2D eigenvalue weighted by atomic mass is 14.9. The number of benzene rings is 2. The van der Waals surface area contributed by atoms with E-state index in [1.54, 1.807) is 11.1 Å². The van der Waals surface area contributed by atoms with E-state index in [0.29, 0.717) is 12.0 Å². The van der Waals surface area contributed by atoms with Crippen LogP contribution in [0.2, 0.25) is 0 Å². The molecule has 1 aliphatic rings. The number of fused-ring (bicyclic) bond motifs is 1. The van der Waals surface area contributed by atoms with Gasteiger partial charge in [-0.2, -0.15) is 0 Å². The van der Waals surface area contributed by atoms with Gasteiger partial charge in [0.1, 0.15) is 0 Å². The standard InChI is InChI=1S/C19H23N/c1-20-19(13-7-10-15-8-3-2-4-9-15)18-14-16-11-5-6-12-17(16)18/h2-6,8-9,11-12,18-20H,7,10,13-14H2,1H3. The lowest BCUT2D eigenvalue weighted by Crippen LogP contribution is -2.38. The minimum atomic E-state index is 0.619. The number of hydrogen-bond acceptors (Lipinski definition) is 1. The molecule has 20 heavy (non-hydrogen) atoms. The molecule has 3 rings (SSSR count). The molecule has 2 unspecified atom stereocenters. The Bertz CT molecular complexity index is 547. The Balaban J connectivity index is 1.54. The van der Waals surface area contributed by atoms with Gasteiger partial charge in [0.25, 0.3) is 0 Å². The van der Waals surface area contributed by atoms with Crippen LogP contribution in [-0.2, 0) is 12.8 Å². The molecule has 1 heteroatoms. The van der Waals surface area contributed by atoms with Gasteiger partial charge in [0, 0.05) is 12.0 Å². The molecular formula is C19H23N. The molecule has 0 saturated heterocycles. The van der Waals surface area contributed by atoms with Crippen LogP contribution in [0.3, 0.4) is 0 Å². The minimum Gasteiger partial charge on any atom is -0.316 e. The van der Waals surface area contributed by atoms with Gasteiger partial charge >= 0.3 is 0 Å². The zero-order valence-corrected chi connectivity index (χ0v) is 12.2. The maximum absolute atomic E-state index is 3.53.